The van der Waals surface area contributed by atoms with Gasteiger partial charge < -0.3 is 10.6 Å². The monoisotopic (exact) mass is 414 g/mol. The highest BCUT2D eigenvalue weighted by atomic mass is 35.5. The van der Waals surface area contributed by atoms with E-state index >= 15 is 0 Å². The van der Waals surface area contributed by atoms with Gasteiger partial charge in [0.1, 0.15) is 0 Å². The fourth-order valence-corrected chi connectivity index (χ4v) is 3.47. The van der Waals surface area contributed by atoms with Crippen molar-refractivity contribution in [2.24, 2.45) is 4.99 Å². The molecular weight excluding hydrogens is 395 g/mol. The number of aliphatic imine (C=N–C) groups is 1. The molecule has 2 aromatic carbocycles. The van der Waals surface area contributed by atoms with Crippen LogP contribution in [0.4, 0.5) is 0 Å². The van der Waals surface area contributed by atoms with Crippen molar-refractivity contribution in [2.45, 2.75) is 18.0 Å². The molecule has 0 heterocycles. The average Bonchev–Trinajstić information content (AvgIpc) is 2.63. The van der Waals surface area contributed by atoms with E-state index < -0.39 is 10.0 Å². The molecule has 0 radical (unpaired) electrons. The average molecular weight is 415 g/mol. The third kappa shape index (κ3) is 5.60. The van der Waals surface area contributed by atoms with E-state index in [-0.39, 0.29) is 4.90 Å². The molecule has 0 bridgehead atoms. The number of benzene rings is 2. The van der Waals surface area contributed by atoms with Crippen LogP contribution in [-0.4, -0.2) is 28.5 Å². The zero-order chi connectivity index (χ0) is 19.2. The van der Waals surface area contributed by atoms with Gasteiger partial charge in [-0.2, -0.15) is 0 Å². The number of rotatable bonds is 6. The maximum Gasteiger partial charge on any atom is 0.240 e. The Balaban J connectivity index is 1.98. The number of guanidine groups is 1. The van der Waals surface area contributed by atoms with E-state index in [2.05, 4.69) is 20.3 Å². The summed E-state index contributed by atoms with van der Waals surface area (Å²) >= 11 is 12.0. The third-order valence-corrected chi connectivity index (χ3v) is 5.62. The number of hydrogen-bond acceptors (Lipinski definition) is 3. The molecule has 0 fully saturated rings. The molecule has 0 aliphatic rings. The lowest BCUT2D eigenvalue weighted by molar-refractivity contribution is 0.588. The summed E-state index contributed by atoms with van der Waals surface area (Å²) < 4.78 is 26.0. The fraction of sp³-hybridized carbons (Fsp3) is 0.235. The van der Waals surface area contributed by atoms with E-state index in [4.69, 9.17) is 23.2 Å². The van der Waals surface area contributed by atoms with E-state index in [9.17, 15) is 8.42 Å². The Kier molecular flexibility index (Phi) is 7.28. The lowest BCUT2D eigenvalue weighted by Crippen LogP contribution is -2.36. The van der Waals surface area contributed by atoms with Crippen molar-refractivity contribution in [2.75, 3.05) is 14.1 Å². The Morgan fingerprint density at radius 1 is 1.08 bits per heavy atom. The summed E-state index contributed by atoms with van der Waals surface area (Å²) in [5.41, 5.74) is 1.70. The molecule has 0 atom stereocenters. The van der Waals surface area contributed by atoms with Gasteiger partial charge in [-0.1, -0.05) is 41.4 Å². The molecule has 0 amide bonds. The Morgan fingerprint density at radius 3 is 2.46 bits per heavy atom. The molecule has 0 unspecified atom stereocenters. The Hall–Kier alpha value is -1.80. The normalized spacial score (nSPS) is 12.1. The van der Waals surface area contributed by atoms with Gasteiger partial charge in [-0.25, -0.2) is 13.1 Å². The van der Waals surface area contributed by atoms with Crippen molar-refractivity contribution < 1.29 is 8.42 Å². The van der Waals surface area contributed by atoms with Crippen LogP contribution < -0.4 is 15.4 Å². The molecule has 3 N–H and O–H groups in total. The minimum Gasteiger partial charge on any atom is -0.352 e. The molecule has 6 nitrogen and oxygen atoms in total. The van der Waals surface area contributed by atoms with Gasteiger partial charge in [-0.3, -0.25) is 4.99 Å². The van der Waals surface area contributed by atoms with Crippen LogP contribution in [0.3, 0.4) is 0 Å². The molecular formula is C17H20Cl2N4O2S. The zero-order valence-corrected chi connectivity index (χ0v) is 16.7. The van der Waals surface area contributed by atoms with Gasteiger partial charge >= 0.3 is 0 Å². The van der Waals surface area contributed by atoms with Crippen molar-refractivity contribution in [1.82, 2.24) is 15.4 Å². The first-order valence-electron chi connectivity index (χ1n) is 7.76. The summed E-state index contributed by atoms with van der Waals surface area (Å²) in [7, 11) is -0.432. The predicted octanol–water partition coefficient (Wildman–Crippen LogP) is 2.77. The lowest BCUT2D eigenvalue weighted by atomic mass is 10.2. The largest absolute Gasteiger partial charge is 0.352 e. The van der Waals surface area contributed by atoms with Crippen LogP contribution in [0.15, 0.2) is 52.4 Å². The van der Waals surface area contributed by atoms with Crippen molar-refractivity contribution in [1.29, 1.82) is 0 Å². The topological polar surface area (TPSA) is 82.6 Å². The lowest BCUT2D eigenvalue weighted by Gasteiger charge is -2.13. The van der Waals surface area contributed by atoms with Crippen molar-refractivity contribution in [3.8, 4) is 0 Å². The second-order valence-corrected chi connectivity index (χ2v) is 8.10. The standard InChI is InChI=1S/C17H20Cl2N4O2S/c1-20-17(23-11-13-6-7-14(18)9-16(13)19)22-10-12-4-3-5-15(8-12)26(24,25)21-2/h3-9,21H,10-11H2,1-2H3,(H2,20,22,23). The molecule has 0 saturated heterocycles. The van der Waals surface area contributed by atoms with E-state index in [1.165, 1.54) is 7.05 Å². The number of nitrogens with one attached hydrogen (secondary N) is 3. The number of halogens is 2. The summed E-state index contributed by atoms with van der Waals surface area (Å²) in [4.78, 5) is 4.37. The van der Waals surface area contributed by atoms with Crippen LogP contribution in [-0.2, 0) is 23.1 Å². The minimum absolute atomic E-state index is 0.218. The summed E-state index contributed by atoms with van der Waals surface area (Å²) in [6.45, 7) is 0.894. The smallest absolute Gasteiger partial charge is 0.240 e. The minimum atomic E-state index is -3.47. The van der Waals surface area contributed by atoms with Crippen molar-refractivity contribution in [3.63, 3.8) is 0 Å². The molecule has 0 aromatic heterocycles. The first-order chi connectivity index (χ1) is 12.4. The number of nitrogens with zero attached hydrogens (tertiary/aromatic N) is 1. The summed E-state index contributed by atoms with van der Waals surface area (Å²) in [6, 6.07) is 12.0. The van der Waals surface area contributed by atoms with Gasteiger partial charge in [0.25, 0.3) is 0 Å². The molecule has 0 saturated carbocycles. The summed E-state index contributed by atoms with van der Waals surface area (Å²) in [6.07, 6.45) is 0. The van der Waals surface area contributed by atoms with Crippen LogP contribution in [0.1, 0.15) is 11.1 Å². The highest BCUT2D eigenvalue weighted by Crippen LogP contribution is 2.20. The van der Waals surface area contributed by atoms with Crippen LogP contribution in [0, 0.1) is 0 Å². The zero-order valence-electron chi connectivity index (χ0n) is 14.4. The number of hydrogen-bond donors (Lipinski definition) is 3. The van der Waals surface area contributed by atoms with E-state index in [0.29, 0.717) is 29.1 Å². The van der Waals surface area contributed by atoms with Crippen LogP contribution >= 0.6 is 23.2 Å². The maximum absolute atomic E-state index is 11.9. The van der Waals surface area contributed by atoms with Crippen LogP contribution in [0.2, 0.25) is 10.0 Å². The quantitative estimate of drug-likeness (QED) is 0.501. The van der Waals surface area contributed by atoms with Gasteiger partial charge in [-0.15, -0.1) is 0 Å². The van der Waals surface area contributed by atoms with Gasteiger partial charge in [0.15, 0.2) is 5.96 Å². The SMILES string of the molecule is CN=C(NCc1cccc(S(=O)(=O)NC)c1)NCc1ccc(Cl)cc1Cl. The molecule has 0 aliphatic carbocycles. The molecule has 140 valence electrons. The second-order valence-electron chi connectivity index (χ2n) is 5.37. The molecule has 2 rings (SSSR count). The molecule has 9 heteroatoms. The molecule has 0 aliphatic heterocycles. The maximum atomic E-state index is 11.9. The third-order valence-electron chi connectivity index (χ3n) is 3.62. The highest BCUT2D eigenvalue weighted by Gasteiger charge is 2.11. The highest BCUT2D eigenvalue weighted by molar-refractivity contribution is 7.89. The van der Waals surface area contributed by atoms with Gasteiger partial charge in [0, 0.05) is 30.2 Å². The molecule has 0 spiro atoms. The summed E-state index contributed by atoms with van der Waals surface area (Å²) in [5, 5.41) is 7.45. The van der Waals surface area contributed by atoms with Gasteiger partial charge in [0.05, 0.1) is 4.90 Å². The first kappa shape index (κ1) is 20.5. The Bertz CT molecular complexity index is 901. The first-order valence-corrected chi connectivity index (χ1v) is 10.0. The second kappa shape index (κ2) is 9.23. The van der Waals surface area contributed by atoms with Crippen molar-refractivity contribution >= 4 is 39.2 Å². The van der Waals surface area contributed by atoms with Crippen molar-refractivity contribution in [3.05, 3.63) is 63.6 Å². The van der Waals surface area contributed by atoms with Gasteiger partial charge in [-0.05, 0) is 42.4 Å². The van der Waals surface area contributed by atoms with E-state index in [1.807, 2.05) is 12.1 Å². The predicted molar refractivity (Wildman–Crippen MR) is 106 cm³/mol. The molecule has 2 aromatic rings. The Morgan fingerprint density at radius 2 is 1.81 bits per heavy atom. The van der Waals surface area contributed by atoms with Crippen LogP contribution in [0.5, 0.6) is 0 Å². The molecule has 26 heavy (non-hydrogen) atoms. The van der Waals surface area contributed by atoms with E-state index in [1.54, 1.807) is 37.4 Å². The van der Waals surface area contributed by atoms with Crippen LogP contribution in [0.25, 0.3) is 0 Å². The number of sulfonamides is 1. The Labute approximate surface area is 163 Å². The van der Waals surface area contributed by atoms with Gasteiger partial charge in [0.2, 0.25) is 10.0 Å². The van der Waals surface area contributed by atoms with E-state index in [0.717, 1.165) is 11.1 Å². The fourth-order valence-electron chi connectivity index (χ4n) is 2.19. The summed E-state index contributed by atoms with van der Waals surface area (Å²) in [5.74, 6) is 0.567.